The molecule has 0 aromatic heterocycles. The zero-order valence-electron chi connectivity index (χ0n) is 22.1. The normalized spacial score (nSPS) is 16.3. The molecular formula is C28H34F6N4O. The molecule has 1 saturated carbocycles. The molecule has 2 aromatic rings. The van der Waals surface area contributed by atoms with Gasteiger partial charge in [0.25, 0.3) is 0 Å². The topological polar surface area (TPSA) is 38.8 Å². The number of hydrogen-bond donors (Lipinski definition) is 1. The van der Waals surface area contributed by atoms with E-state index in [9.17, 15) is 31.1 Å². The molecular weight excluding hydrogens is 522 g/mol. The fourth-order valence-corrected chi connectivity index (χ4v) is 4.94. The number of nitrogens with zero attached hydrogens (tertiary/aromatic N) is 3. The molecule has 1 amide bonds. The smallest absolute Gasteiger partial charge is 0.376 e. The molecule has 5 nitrogen and oxygen atoms in total. The molecule has 0 radical (unpaired) electrons. The minimum atomic E-state index is -4.57. The van der Waals surface area contributed by atoms with Crippen molar-refractivity contribution >= 4 is 11.6 Å². The van der Waals surface area contributed by atoms with Gasteiger partial charge in [-0.2, -0.15) is 26.3 Å². The van der Waals surface area contributed by atoms with Crippen molar-refractivity contribution in [2.24, 2.45) is 5.92 Å². The molecule has 214 valence electrons. The Hall–Kier alpha value is -2.79. The maximum atomic E-state index is 13.7. The zero-order chi connectivity index (χ0) is 28.4. The molecule has 1 heterocycles. The standard InChI is InChI=1S/C28H34F6N4O/c1-36(2)11-12-38(18-20-5-3-4-6-24(20)28(32,33)34)26(39)15-35-25-14-22(27(29,30)31)13-21-17-37(10-9-23(21)25)16-19-7-8-19/h3-6,13-14,19,35H,7-12,15-18H2,1-2H3. The third-order valence-electron chi connectivity index (χ3n) is 7.24. The van der Waals surface area contributed by atoms with E-state index in [0.29, 0.717) is 31.0 Å². The molecule has 0 spiro atoms. The van der Waals surface area contributed by atoms with E-state index in [1.54, 1.807) is 19.0 Å². The lowest BCUT2D eigenvalue weighted by Crippen LogP contribution is -2.40. The Bertz CT molecular complexity index is 1160. The molecule has 0 saturated heterocycles. The SMILES string of the molecule is CN(C)CCN(Cc1ccccc1C(F)(F)F)C(=O)CNc1cc(C(F)(F)F)cc2c1CCN(CC1CC1)C2. The molecule has 11 heteroatoms. The number of hydrogen-bond acceptors (Lipinski definition) is 4. The van der Waals surface area contributed by atoms with Crippen LogP contribution in [-0.4, -0.2) is 67.4 Å². The number of halogens is 6. The predicted molar refractivity (Wildman–Crippen MR) is 137 cm³/mol. The van der Waals surface area contributed by atoms with Crippen LogP contribution >= 0.6 is 0 Å². The van der Waals surface area contributed by atoms with Crippen LogP contribution in [-0.2, 0) is 36.7 Å². The quantitative estimate of drug-likeness (QED) is 0.393. The van der Waals surface area contributed by atoms with E-state index in [1.807, 2.05) is 0 Å². The van der Waals surface area contributed by atoms with Gasteiger partial charge < -0.3 is 15.1 Å². The second kappa shape index (κ2) is 11.8. The Balaban J connectivity index is 1.54. The Morgan fingerprint density at radius 2 is 1.74 bits per heavy atom. The summed E-state index contributed by atoms with van der Waals surface area (Å²) in [4.78, 5) is 18.6. The Morgan fingerprint density at radius 1 is 1.03 bits per heavy atom. The average molecular weight is 557 g/mol. The first kappa shape index (κ1) is 29.2. The van der Waals surface area contributed by atoms with E-state index in [1.165, 1.54) is 29.2 Å². The van der Waals surface area contributed by atoms with Gasteiger partial charge in [0.15, 0.2) is 0 Å². The largest absolute Gasteiger partial charge is 0.416 e. The highest BCUT2D eigenvalue weighted by atomic mass is 19.4. The fourth-order valence-electron chi connectivity index (χ4n) is 4.94. The molecule has 2 aliphatic rings. The van der Waals surface area contributed by atoms with Crippen molar-refractivity contribution in [3.8, 4) is 0 Å². The molecule has 1 fully saturated rings. The molecule has 0 atom stereocenters. The number of anilines is 1. The van der Waals surface area contributed by atoms with Gasteiger partial charge in [0, 0.05) is 45.0 Å². The summed E-state index contributed by atoms with van der Waals surface area (Å²) in [6.45, 7) is 1.99. The summed E-state index contributed by atoms with van der Waals surface area (Å²) in [7, 11) is 3.57. The minimum absolute atomic E-state index is 0.0377. The molecule has 1 aliphatic heterocycles. The van der Waals surface area contributed by atoms with Crippen LogP contribution in [0.5, 0.6) is 0 Å². The lowest BCUT2D eigenvalue weighted by atomic mass is 9.94. The summed E-state index contributed by atoms with van der Waals surface area (Å²) in [5.74, 6) is 0.120. The zero-order valence-corrected chi connectivity index (χ0v) is 22.1. The molecule has 1 N–H and O–H groups in total. The van der Waals surface area contributed by atoms with Gasteiger partial charge in [-0.05, 0) is 74.2 Å². The van der Waals surface area contributed by atoms with Gasteiger partial charge in [-0.3, -0.25) is 9.69 Å². The lowest BCUT2D eigenvalue weighted by Gasteiger charge is -2.31. The second-order valence-electron chi connectivity index (χ2n) is 10.7. The van der Waals surface area contributed by atoms with Gasteiger partial charge in [-0.1, -0.05) is 18.2 Å². The van der Waals surface area contributed by atoms with E-state index >= 15 is 0 Å². The van der Waals surface area contributed by atoms with E-state index in [4.69, 9.17) is 0 Å². The van der Waals surface area contributed by atoms with Crippen LogP contribution in [0.25, 0.3) is 0 Å². The number of likely N-dealkylation sites (N-methyl/N-ethyl adjacent to an activating group) is 1. The van der Waals surface area contributed by atoms with Gasteiger partial charge in [0.05, 0.1) is 17.7 Å². The van der Waals surface area contributed by atoms with Crippen molar-refractivity contribution in [1.29, 1.82) is 0 Å². The number of nitrogens with one attached hydrogen (secondary N) is 1. The monoisotopic (exact) mass is 556 g/mol. The van der Waals surface area contributed by atoms with Crippen molar-refractivity contribution in [1.82, 2.24) is 14.7 Å². The van der Waals surface area contributed by atoms with Crippen LogP contribution in [0.3, 0.4) is 0 Å². The highest BCUT2D eigenvalue weighted by Crippen LogP contribution is 2.38. The van der Waals surface area contributed by atoms with E-state index < -0.39 is 29.4 Å². The van der Waals surface area contributed by atoms with Crippen molar-refractivity contribution in [2.75, 3.05) is 52.1 Å². The molecule has 0 bridgehead atoms. The minimum Gasteiger partial charge on any atom is -0.376 e. The Kier molecular flexibility index (Phi) is 8.80. The van der Waals surface area contributed by atoms with Crippen LogP contribution in [0, 0.1) is 5.92 Å². The third-order valence-corrected chi connectivity index (χ3v) is 7.24. The summed E-state index contributed by atoms with van der Waals surface area (Å²) in [5, 5.41) is 2.91. The number of amides is 1. The summed E-state index contributed by atoms with van der Waals surface area (Å²) in [6.07, 6.45) is -6.26. The Morgan fingerprint density at radius 3 is 2.38 bits per heavy atom. The van der Waals surface area contributed by atoms with E-state index in [2.05, 4.69) is 10.2 Å². The first-order valence-corrected chi connectivity index (χ1v) is 13.1. The average Bonchev–Trinajstić information content (AvgIpc) is 3.67. The van der Waals surface area contributed by atoms with Crippen LogP contribution in [0.1, 0.15) is 40.7 Å². The summed E-state index contributed by atoms with van der Waals surface area (Å²) >= 11 is 0. The number of fused-ring (bicyclic) bond motifs is 1. The highest BCUT2D eigenvalue weighted by molar-refractivity contribution is 5.81. The predicted octanol–water partition coefficient (Wildman–Crippen LogP) is 5.49. The first-order valence-electron chi connectivity index (χ1n) is 13.1. The molecule has 4 rings (SSSR count). The van der Waals surface area contributed by atoms with Crippen molar-refractivity contribution in [3.05, 3.63) is 64.2 Å². The van der Waals surface area contributed by atoms with Gasteiger partial charge >= 0.3 is 12.4 Å². The van der Waals surface area contributed by atoms with Crippen molar-refractivity contribution in [2.45, 2.75) is 44.7 Å². The summed E-state index contributed by atoms with van der Waals surface area (Å²) < 4.78 is 81.8. The van der Waals surface area contributed by atoms with Crippen LogP contribution in [0.15, 0.2) is 36.4 Å². The Labute approximate surface area is 224 Å². The van der Waals surface area contributed by atoms with Gasteiger partial charge in [0.1, 0.15) is 0 Å². The van der Waals surface area contributed by atoms with Crippen LogP contribution < -0.4 is 5.32 Å². The molecule has 2 aromatic carbocycles. The number of carbonyl (C=O) groups is 1. The molecule has 1 aliphatic carbocycles. The molecule has 39 heavy (non-hydrogen) atoms. The van der Waals surface area contributed by atoms with Crippen molar-refractivity contribution < 1.29 is 31.1 Å². The van der Waals surface area contributed by atoms with Gasteiger partial charge in [0.2, 0.25) is 5.91 Å². The third kappa shape index (κ3) is 7.88. The number of benzene rings is 2. The van der Waals surface area contributed by atoms with Crippen LogP contribution in [0.2, 0.25) is 0 Å². The highest BCUT2D eigenvalue weighted by Gasteiger charge is 2.35. The van der Waals surface area contributed by atoms with Gasteiger partial charge in [-0.15, -0.1) is 0 Å². The van der Waals surface area contributed by atoms with Gasteiger partial charge in [-0.25, -0.2) is 0 Å². The van der Waals surface area contributed by atoms with Crippen LogP contribution in [0.4, 0.5) is 32.0 Å². The van der Waals surface area contributed by atoms with E-state index in [0.717, 1.165) is 43.6 Å². The van der Waals surface area contributed by atoms with Crippen molar-refractivity contribution in [3.63, 3.8) is 0 Å². The maximum Gasteiger partial charge on any atom is 0.416 e. The second-order valence-corrected chi connectivity index (χ2v) is 10.7. The molecule has 0 unspecified atom stereocenters. The summed E-state index contributed by atoms with van der Waals surface area (Å²) in [5.41, 5.74) is -0.0384. The van der Waals surface area contributed by atoms with E-state index in [-0.39, 0.29) is 30.9 Å². The summed E-state index contributed by atoms with van der Waals surface area (Å²) in [6, 6.07) is 7.32. The first-order chi connectivity index (χ1) is 18.3. The number of rotatable bonds is 10. The maximum absolute atomic E-state index is 13.7. The fraction of sp³-hybridized carbons (Fsp3) is 0.536. The number of carbonyl (C=O) groups excluding carboxylic acids is 1. The number of alkyl halides is 6. The lowest BCUT2D eigenvalue weighted by molar-refractivity contribution is -0.139.